The van der Waals surface area contributed by atoms with Crippen LogP contribution in [0.1, 0.15) is 36.2 Å². The minimum Gasteiger partial charge on any atom is -0.483 e. The molecule has 0 unspecified atom stereocenters. The number of benzene rings is 1. The molecule has 1 aromatic carbocycles. The minimum atomic E-state index is 0.304. The minimum absolute atomic E-state index is 0.304. The molecule has 0 amide bonds. The highest BCUT2D eigenvalue weighted by Crippen LogP contribution is 2.24. The third-order valence-corrected chi connectivity index (χ3v) is 2.98. The largest absolute Gasteiger partial charge is 0.483 e. The Morgan fingerprint density at radius 1 is 1.35 bits per heavy atom. The number of hydrogen-bond acceptors (Lipinski definition) is 5. The first kappa shape index (κ1) is 14.5. The van der Waals surface area contributed by atoms with Crippen LogP contribution in [0.3, 0.4) is 0 Å². The predicted octanol–water partition coefficient (Wildman–Crippen LogP) is 2.63. The molecule has 0 atom stereocenters. The van der Waals surface area contributed by atoms with Gasteiger partial charge in [0, 0.05) is 18.5 Å². The fourth-order valence-electron chi connectivity index (χ4n) is 2.06. The molecule has 0 aliphatic carbocycles. The van der Waals surface area contributed by atoms with Crippen molar-refractivity contribution in [1.82, 2.24) is 15.5 Å². The normalized spacial score (nSPS) is 10.8. The van der Waals surface area contributed by atoms with Crippen LogP contribution in [-0.4, -0.2) is 17.2 Å². The molecule has 20 heavy (non-hydrogen) atoms. The van der Waals surface area contributed by atoms with Crippen LogP contribution in [0.2, 0.25) is 0 Å². The zero-order valence-corrected chi connectivity index (χ0v) is 12.3. The topological polar surface area (TPSA) is 60.2 Å². The van der Waals surface area contributed by atoms with Gasteiger partial charge < -0.3 is 14.6 Å². The molecule has 2 aromatic rings. The third-order valence-electron chi connectivity index (χ3n) is 2.98. The van der Waals surface area contributed by atoms with E-state index in [2.05, 4.69) is 28.4 Å². The van der Waals surface area contributed by atoms with Gasteiger partial charge in [-0.05, 0) is 26.0 Å². The zero-order valence-electron chi connectivity index (χ0n) is 12.3. The maximum Gasteiger partial charge on any atom is 0.264 e. The van der Waals surface area contributed by atoms with Crippen LogP contribution < -0.4 is 10.1 Å². The summed E-state index contributed by atoms with van der Waals surface area (Å²) in [6.45, 7) is 5.19. The van der Waals surface area contributed by atoms with Gasteiger partial charge >= 0.3 is 0 Å². The highest BCUT2D eigenvalue weighted by atomic mass is 16.5. The molecule has 1 N–H and O–H groups in total. The number of ether oxygens (including phenoxy) is 1. The van der Waals surface area contributed by atoms with Crippen LogP contribution >= 0.6 is 0 Å². The summed E-state index contributed by atoms with van der Waals surface area (Å²) in [4.78, 5) is 4.30. The van der Waals surface area contributed by atoms with E-state index in [-0.39, 0.29) is 0 Å². The van der Waals surface area contributed by atoms with E-state index >= 15 is 0 Å². The van der Waals surface area contributed by atoms with Gasteiger partial charge in [0.25, 0.3) is 5.89 Å². The Morgan fingerprint density at radius 3 is 2.95 bits per heavy atom. The second-order valence-corrected chi connectivity index (χ2v) is 4.74. The van der Waals surface area contributed by atoms with E-state index in [1.807, 2.05) is 26.1 Å². The second kappa shape index (κ2) is 7.05. The molecule has 0 bridgehead atoms. The van der Waals surface area contributed by atoms with E-state index < -0.39 is 0 Å². The van der Waals surface area contributed by atoms with Crippen molar-refractivity contribution in [3.63, 3.8) is 0 Å². The Labute approximate surface area is 119 Å². The van der Waals surface area contributed by atoms with Crippen LogP contribution in [0, 0.1) is 6.92 Å². The molecule has 0 spiro atoms. The molecule has 0 radical (unpaired) electrons. The van der Waals surface area contributed by atoms with E-state index in [0.717, 1.165) is 42.1 Å². The molecule has 0 saturated carbocycles. The number of rotatable bonds is 7. The smallest absolute Gasteiger partial charge is 0.264 e. The monoisotopic (exact) mass is 275 g/mol. The fraction of sp³-hybridized carbons (Fsp3) is 0.467. The first-order valence-corrected chi connectivity index (χ1v) is 6.92. The van der Waals surface area contributed by atoms with Crippen molar-refractivity contribution in [2.75, 3.05) is 7.05 Å². The SMILES string of the molecule is CCCc1noc(COc2c(C)cccc2CNC)n1. The Morgan fingerprint density at radius 2 is 2.20 bits per heavy atom. The Hall–Kier alpha value is -1.88. The molecule has 2 rings (SSSR count). The van der Waals surface area contributed by atoms with Crippen molar-refractivity contribution in [1.29, 1.82) is 0 Å². The second-order valence-electron chi connectivity index (χ2n) is 4.74. The number of aromatic nitrogens is 2. The first-order chi connectivity index (χ1) is 9.74. The van der Waals surface area contributed by atoms with Gasteiger partial charge in [0.05, 0.1) is 0 Å². The summed E-state index contributed by atoms with van der Waals surface area (Å²) in [5, 5.41) is 7.06. The Kier molecular flexibility index (Phi) is 5.12. The van der Waals surface area contributed by atoms with Crippen molar-refractivity contribution in [2.24, 2.45) is 0 Å². The lowest BCUT2D eigenvalue weighted by Crippen LogP contribution is -2.08. The molecule has 1 aromatic heterocycles. The average molecular weight is 275 g/mol. The summed E-state index contributed by atoms with van der Waals surface area (Å²) in [7, 11) is 1.92. The maximum atomic E-state index is 5.86. The lowest BCUT2D eigenvalue weighted by molar-refractivity contribution is 0.239. The van der Waals surface area contributed by atoms with Crippen molar-refractivity contribution in [3.8, 4) is 5.75 Å². The van der Waals surface area contributed by atoms with Crippen molar-refractivity contribution in [3.05, 3.63) is 41.0 Å². The molecule has 0 fully saturated rings. The van der Waals surface area contributed by atoms with Crippen molar-refractivity contribution >= 4 is 0 Å². The standard InChI is InChI=1S/C15H21N3O2/c1-4-6-13-17-14(20-18-13)10-19-15-11(2)7-5-8-12(15)9-16-3/h5,7-8,16H,4,6,9-10H2,1-3H3. The van der Waals surface area contributed by atoms with Gasteiger partial charge in [0.1, 0.15) is 5.75 Å². The number of hydrogen-bond donors (Lipinski definition) is 1. The van der Waals surface area contributed by atoms with Crippen LogP contribution in [-0.2, 0) is 19.6 Å². The summed E-state index contributed by atoms with van der Waals surface area (Å²) >= 11 is 0. The van der Waals surface area contributed by atoms with E-state index in [4.69, 9.17) is 9.26 Å². The first-order valence-electron chi connectivity index (χ1n) is 6.92. The highest BCUT2D eigenvalue weighted by molar-refractivity contribution is 5.40. The molecule has 0 saturated heterocycles. The summed E-state index contributed by atoms with van der Waals surface area (Å²) in [6.07, 6.45) is 1.84. The predicted molar refractivity (Wildman–Crippen MR) is 76.6 cm³/mol. The molecule has 1 heterocycles. The van der Waals surface area contributed by atoms with Crippen LogP contribution in [0.15, 0.2) is 22.7 Å². The molecule has 108 valence electrons. The average Bonchev–Trinajstić information content (AvgIpc) is 2.87. The van der Waals surface area contributed by atoms with Crippen LogP contribution in [0.5, 0.6) is 5.75 Å². The van der Waals surface area contributed by atoms with Gasteiger partial charge in [-0.15, -0.1) is 0 Å². The number of nitrogens with one attached hydrogen (secondary N) is 1. The molecular formula is C15H21N3O2. The third kappa shape index (κ3) is 3.57. The summed E-state index contributed by atoms with van der Waals surface area (Å²) < 4.78 is 11.0. The lowest BCUT2D eigenvalue weighted by Gasteiger charge is -2.12. The van der Waals surface area contributed by atoms with Crippen molar-refractivity contribution < 1.29 is 9.26 Å². The lowest BCUT2D eigenvalue weighted by atomic mass is 10.1. The van der Waals surface area contributed by atoms with Gasteiger partial charge in [-0.2, -0.15) is 4.98 Å². The maximum absolute atomic E-state index is 5.86. The summed E-state index contributed by atoms with van der Waals surface area (Å²) in [5.74, 6) is 2.15. The number of aryl methyl sites for hydroxylation is 2. The quantitative estimate of drug-likeness (QED) is 0.841. The Bertz CT molecular complexity index is 552. The highest BCUT2D eigenvalue weighted by Gasteiger charge is 2.10. The number of nitrogens with zero attached hydrogens (tertiary/aromatic N) is 2. The molecule has 5 nitrogen and oxygen atoms in total. The summed E-state index contributed by atoms with van der Waals surface area (Å²) in [6, 6.07) is 6.11. The van der Waals surface area contributed by atoms with Crippen LogP contribution in [0.25, 0.3) is 0 Å². The van der Waals surface area contributed by atoms with Gasteiger partial charge in [-0.3, -0.25) is 0 Å². The zero-order chi connectivity index (χ0) is 14.4. The molecule has 0 aliphatic rings. The van der Waals surface area contributed by atoms with E-state index in [9.17, 15) is 0 Å². The van der Waals surface area contributed by atoms with Gasteiger partial charge in [-0.1, -0.05) is 30.3 Å². The van der Waals surface area contributed by atoms with E-state index in [0.29, 0.717) is 12.5 Å². The van der Waals surface area contributed by atoms with E-state index in [1.54, 1.807) is 0 Å². The Balaban J connectivity index is 2.05. The van der Waals surface area contributed by atoms with E-state index in [1.165, 1.54) is 0 Å². The summed E-state index contributed by atoms with van der Waals surface area (Å²) in [5.41, 5.74) is 2.23. The molecule has 0 aliphatic heterocycles. The van der Waals surface area contributed by atoms with Crippen LogP contribution in [0.4, 0.5) is 0 Å². The van der Waals surface area contributed by atoms with Gasteiger partial charge in [-0.25, -0.2) is 0 Å². The van der Waals surface area contributed by atoms with Gasteiger partial charge in [0.15, 0.2) is 12.4 Å². The molecular weight excluding hydrogens is 254 g/mol. The fourth-order valence-corrected chi connectivity index (χ4v) is 2.06. The molecule has 5 heteroatoms. The van der Waals surface area contributed by atoms with Gasteiger partial charge in [0.2, 0.25) is 0 Å². The number of para-hydroxylation sites is 1. The van der Waals surface area contributed by atoms with Crippen molar-refractivity contribution in [2.45, 2.75) is 39.8 Å².